The molecule has 1 aromatic carbocycles. The molecule has 0 radical (unpaired) electrons. The van der Waals surface area contributed by atoms with Gasteiger partial charge in [0.1, 0.15) is 5.75 Å². The van der Waals surface area contributed by atoms with Crippen molar-refractivity contribution in [3.63, 3.8) is 0 Å². The Morgan fingerprint density at radius 3 is 3.00 bits per heavy atom. The third-order valence-electron chi connectivity index (χ3n) is 3.04. The van der Waals surface area contributed by atoms with Crippen molar-refractivity contribution in [2.75, 3.05) is 18.5 Å². The van der Waals surface area contributed by atoms with Gasteiger partial charge in [-0.2, -0.15) is 0 Å². The normalized spacial score (nSPS) is 18.3. The SMILES string of the molecule is CCOc1cccc(NC(=O)[C@H]2CCCCN2)c1.Cl. The third kappa shape index (κ3) is 4.73. The summed E-state index contributed by atoms with van der Waals surface area (Å²) in [6.07, 6.45) is 3.19. The van der Waals surface area contributed by atoms with Crippen LogP contribution in [0.5, 0.6) is 5.75 Å². The number of anilines is 1. The van der Waals surface area contributed by atoms with Crippen molar-refractivity contribution >= 4 is 24.0 Å². The summed E-state index contributed by atoms with van der Waals surface area (Å²) in [5.41, 5.74) is 0.790. The van der Waals surface area contributed by atoms with E-state index in [0.717, 1.165) is 37.2 Å². The highest BCUT2D eigenvalue weighted by atomic mass is 35.5. The predicted octanol–water partition coefficient (Wildman–Crippen LogP) is 2.59. The van der Waals surface area contributed by atoms with Gasteiger partial charge in [0, 0.05) is 11.8 Å². The first kappa shape index (κ1) is 15.8. The van der Waals surface area contributed by atoms with Crippen molar-refractivity contribution in [1.82, 2.24) is 5.32 Å². The topological polar surface area (TPSA) is 50.4 Å². The van der Waals surface area contributed by atoms with Crippen molar-refractivity contribution < 1.29 is 9.53 Å². The minimum atomic E-state index is -0.0606. The van der Waals surface area contributed by atoms with Crippen molar-refractivity contribution in [2.45, 2.75) is 32.2 Å². The van der Waals surface area contributed by atoms with E-state index in [0.29, 0.717) is 6.61 Å². The fraction of sp³-hybridized carbons (Fsp3) is 0.500. The molecule has 2 N–H and O–H groups in total. The molecule has 0 unspecified atom stereocenters. The number of hydrogen-bond donors (Lipinski definition) is 2. The Hall–Kier alpha value is -1.26. The molecule has 19 heavy (non-hydrogen) atoms. The highest BCUT2D eigenvalue weighted by molar-refractivity contribution is 5.95. The molecule has 1 heterocycles. The van der Waals surface area contributed by atoms with Crippen LogP contribution in [-0.2, 0) is 4.79 Å². The van der Waals surface area contributed by atoms with E-state index in [9.17, 15) is 4.79 Å². The van der Waals surface area contributed by atoms with Crippen LogP contribution in [0, 0.1) is 0 Å². The lowest BCUT2D eigenvalue weighted by atomic mass is 10.0. The summed E-state index contributed by atoms with van der Waals surface area (Å²) in [6.45, 7) is 3.50. The lowest BCUT2D eigenvalue weighted by Gasteiger charge is -2.22. The largest absolute Gasteiger partial charge is 0.494 e. The molecule has 1 saturated heterocycles. The Morgan fingerprint density at radius 2 is 2.32 bits per heavy atom. The number of amides is 1. The summed E-state index contributed by atoms with van der Waals surface area (Å²) in [5, 5.41) is 6.16. The Morgan fingerprint density at radius 1 is 1.47 bits per heavy atom. The Labute approximate surface area is 120 Å². The minimum absolute atomic E-state index is 0. The number of nitrogens with one attached hydrogen (secondary N) is 2. The van der Waals surface area contributed by atoms with Gasteiger partial charge in [-0.3, -0.25) is 4.79 Å². The molecule has 0 aromatic heterocycles. The summed E-state index contributed by atoms with van der Waals surface area (Å²) in [6, 6.07) is 7.44. The quantitative estimate of drug-likeness (QED) is 0.893. The van der Waals surface area contributed by atoms with E-state index in [1.165, 1.54) is 0 Å². The molecule has 2 rings (SSSR count). The second-order valence-corrected chi connectivity index (χ2v) is 4.45. The van der Waals surface area contributed by atoms with Gasteiger partial charge in [0.2, 0.25) is 5.91 Å². The van der Waals surface area contributed by atoms with Crippen LogP contribution in [0.15, 0.2) is 24.3 Å². The molecule has 0 spiro atoms. The predicted molar refractivity (Wildman–Crippen MR) is 79.1 cm³/mol. The van der Waals surface area contributed by atoms with Crippen LogP contribution >= 0.6 is 12.4 Å². The van der Waals surface area contributed by atoms with E-state index in [1.807, 2.05) is 31.2 Å². The number of carbonyl (C=O) groups excluding carboxylic acids is 1. The monoisotopic (exact) mass is 284 g/mol. The number of halogens is 1. The van der Waals surface area contributed by atoms with Crippen molar-refractivity contribution in [3.8, 4) is 5.75 Å². The molecular formula is C14H21ClN2O2. The molecule has 1 atom stereocenters. The lowest BCUT2D eigenvalue weighted by Crippen LogP contribution is -2.43. The van der Waals surface area contributed by atoms with Gasteiger partial charge < -0.3 is 15.4 Å². The Balaban J connectivity index is 0.00000180. The minimum Gasteiger partial charge on any atom is -0.494 e. The molecule has 0 aliphatic carbocycles. The molecule has 4 nitrogen and oxygen atoms in total. The van der Waals surface area contributed by atoms with Crippen LogP contribution in [0.2, 0.25) is 0 Å². The maximum absolute atomic E-state index is 12.0. The van der Waals surface area contributed by atoms with Crippen LogP contribution in [0.3, 0.4) is 0 Å². The van der Waals surface area contributed by atoms with Crippen LogP contribution in [0.1, 0.15) is 26.2 Å². The zero-order chi connectivity index (χ0) is 12.8. The van der Waals surface area contributed by atoms with E-state index in [2.05, 4.69) is 10.6 Å². The molecule has 1 aromatic rings. The van der Waals surface area contributed by atoms with E-state index >= 15 is 0 Å². The first-order chi connectivity index (χ1) is 8.79. The van der Waals surface area contributed by atoms with Crippen molar-refractivity contribution in [1.29, 1.82) is 0 Å². The average Bonchev–Trinajstić information content (AvgIpc) is 2.40. The number of benzene rings is 1. The van der Waals surface area contributed by atoms with E-state index < -0.39 is 0 Å². The zero-order valence-electron chi connectivity index (χ0n) is 11.1. The molecule has 0 bridgehead atoms. The smallest absolute Gasteiger partial charge is 0.241 e. The van der Waals surface area contributed by atoms with E-state index in [1.54, 1.807) is 0 Å². The first-order valence-corrected chi connectivity index (χ1v) is 6.56. The Bertz CT molecular complexity index is 406. The summed E-state index contributed by atoms with van der Waals surface area (Å²) in [4.78, 5) is 12.0. The van der Waals surface area contributed by atoms with Gasteiger partial charge >= 0.3 is 0 Å². The van der Waals surface area contributed by atoms with Crippen LogP contribution in [0.25, 0.3) is 0 Å². The van der Waals surface area contributed by atoms with Gasteiger partial charge in [0.25, 0.3) is 0 Å². The fourth-order valence-corrected chi connectivity index (χ4v) is 2.14. The second-order valence-electron chi connectivity index (χ2n) is 4.45. The molecule has 1 aliphatic rings. The third-order valence-corrected chi connectivity index (χ3v) is 3.04. The molecule has 5 heteroatoms. The molecule has 0 saturated carbocycles. The van der Waals surface area contributed by atoms with Gasteiger partial charge in [-0.05, 0) is 38.4 Å². The molecule has 1 fully saturated rings. The van der Waals surface area contributed by atoms with E-state index in [4.69, 9.17) is 4.74 Å². The number of rotatable bonds is 4. The molecule has 1 amide bonds. The summed E-state index contributed by atoms with van der Waals surface area (Å²) in [7, 11) is 0. The van der Waals surface area contributed by atoms with Crippen LogP contribution in [0.4, 0.5) is 5.69 Å². The highest BCUT2D eigenvalue weighted by Gasteiger charge is 2.20. The van der Waals surface area contributed by atoms with Gasteiger partial charge in [0.15, 0.2) is 0 Å². The average molecular weight is 285 g/mol. The Kier molecular flexibility index (Phi) is 6.67. The molecular weight excluding hydrogens is 264 g/mol. The number of ether oxygens (including phenoxy) is 1. The van der Waals surface area contributed by atoms with Crippen LogP contribution in [-0.4, -0.2) is 25.1 Å². The molecule has 106 valence electrons. The van der Waals surface area contributed by atoms with Gasteiger partial charge in [-0.15, -0.1) is 12.4 Å². The summed E-state index contributed by atoms with van der Waals surface area (Å²) < 4.78 is 5.41. The number of carbonyl (C=O) groups is 1. The zero-order valence-corrected chi connectivity index (χ0v) is 12.0. The van der Waals surface area contributed by atoms with E-state index in [-0.39, 0.29) is 24.4 Å². The lowest BCUT2D eigenvalue weighted by molar-refractivity contribution is -0.118. The number of piperidine rings is 1. The van der Waals surface area contributed by atoms with Crippen molar-refractivity contribution in [3.05, 3.63) is 24.3 Å². The van der Waals surface area contributed by atoms with Crippen molar-refractivity contribution in [2.24, 2.45) is 0 Å². The fourth-order valence-electron chi connectivity index (χ4n) is 2.14. The van der Waals surface area contributed by atoms with Gasteiger partial charge in [-0.25, -0.2) is 0 Å². The number of hydrogen-bond acceptors (Lipinski definition) is 3. The maximum atomic E-state index is 12.0. The molecule has 1 aliphatic heterocycles. The maximum Gasteiger partial charge on any atom is 0.241 e. The van der Waals surface area contributed by atoms with Crippen LogP contribution < -0.4 is 15.4 Å². The standard InChI is InChI=1S/C14H20N2O2.ClH/c1-2-18-12-7-5-6-11(10-12)16-14(17)13-8-3-4-9-15-13;/h5-7,10,13,15H,2-4,8-9H2,1H3,(H,16,17);1H/t13-;/m1./s1. The first-order valence-electron chi connectivity index (χ1n) is 6.56. The van der Waals surface area contributed by atoms with Gasteiger partial charge in [0.05, 0.1) is 12.6 Å². The highest BCUT2D eigenvalue weighted by Crippen LogP contribution is 2.18. The second kappa shape index (κ2) is 8.02. The summed E-state index contributed by atoms with van der Waals surface area (Å²) >= 11 is 0. The summed E-state index contributed by atoms with van der Waals surface area (Å²) in [5.74, 6) is 0.829. The van der Waals surface area contributed by atoms with Gasteiger partial charge in [-0.1, -0.05) is 12.5 Å².